The molecule has 1 atom stereocenters. The molecule has 2 aliphatic rings. The number of rotatable bonds is 1. The fourth-order valence-corrected chi connectivity index (χ4v) is 3.17. The van der Waals surface area contributed by atoms with Crippen molar-refractivity contribution in [1.82, 2.24) is 14.8 Å². The van der Waals surface area contributed by atoms with Gasteiger partial charge in [-0.15, -0.1) is 0 Å². The van der Waals surface area contributed by atoms with Crippen LogP contribution in [0.2, 0.25) is 10.2 Å². The average molecular weight is 300 g/mol. The standard InChI is InChI=1S/C13H15Cl2N3O/c14-11-6-9(7-16-12(11)15)13(19)18-5-4-17-3-1-2-10(17)8-18/h6-7,10H,1-5,8H2. The number of hydrogen-bond donors (Lipinski definition) is 0. The number of aromatic nitrogens is 1. The van der Waals surface area contributed by atoms with Crippen molar-refractivity contribution in [2.24, 2.45) is 0 Å². The number of halogens is 2. The lowest BCUT2D eigenvalue weighted by Crippen LogP contribution is -2.52. The highest BCUT2D eigenvalue weighted by Crippen LogP contribution is 2.24. The topological polar surface area (TPSA) is 36.4 Å². The summed E-state index contributed by atoms with van der Waals surface area (Å²) in [5.41, 5.74) is 0.515. The molecule has 1 amide bonds. The number of amides is 1. The van der Waals surface area contributed by atoms with Crippen LogP contribution in [0.3, 0.4) is 0 Å². The van der Waals surface area contributed by atoms with Crippen LogP contribution in [-0.4, -0.2) is 52.9 Å². The Balaban J connectivity index is 1.74. The first-order chi connectivity index (χ1) is 9.15. The van der Waals surface area contributed by atoms with E-state index in [9.17, 15) is 4.79 Å². The Bertz CT molecular complexity index is 509. The Morgan fingerprint density at radius 2 is 2.16 bits per heavy atom. The van der Waals surface area contributed by atoms with Crippen molar-refractivity contribution >= 4 is 29.1 Å². The van der Waals surface area contributed by atoms with Crippen LogP contribution in [-0.2, 0) is 0 Å². The molecule has 6 heteroatoms. The highest BCUT2D eigenvalue weighted by Gasteiger charge is 2.32. The summed E-state index contributed by atoms with van der Waals surface area (Å²) in [7, 11) is 0. The number of carbonyl (C=O) groups is 1. The van der Waals surface area contributed by atoms with Gasteiger partial charge >= 0.3 is 0 Å². The summed E-state index contributed by atoms with van der Waals surface area (Å²) < 4.78 is 0. The molecule has 0 aliphatic carbocycles. The predicted molar refractivity (Wildman–Crippen MR) is 74.8 cm³/mol. The maximum Gasteiger partial charge on any atom is 0.255 e. The minimum atomic E-state index is -0.00221. The van der Waals surface area contributed by atoms with E-state index in [0.717, 1.165) is 19.6 Å². The van der Waals surface area contributed by atoms with E-state index in [4.69, 9.17) is 23.2 Å². The Morgan fingerprint density at radius 3 is 2.95 bits per heavy atom. The summed E-state index contributed by atoms with van der Waals surface area (Å²) in [6.07, 6.45) is 3.92. The lowest BCUT2D eigenvalue weighted by Gasteiger charge is -2.37. The van der Waals surface area contributed by atoms with Crippen molar-refractivity contribution in [3.05, 3.63) is 28.0 Å². The van der Waals surface area contributed by atoms with E-state index in [1.165, 1.54) is 25.6 Å². The second kappa shape index (κ2) is 5.27. The van der Waals surface area contributed by atoms with Crippen LogP contribution in [0.15, 0.2) is 12.3 Å². The normalized spacial score (nSPS) is 23.5. The summed E-state index contributed by atoms with van der Waals surface area (Å²) in [6, 6.07) is 2.12. The third kappa shape index (κ3) is 2.57. The molecule has 0 aromatic carbocycles. The highest BCUT2D eigenvalue weighted by atomic mass is 35.5. The first kappa shape index (κ1) is 13.2. The van der Waals surface area contributed by atoms with E-state index in [-0.39, 0.29) is 11.1 Å². The summed E-state index contributed by atoms with van der Waals surface area (Å²) in [4.78, 5) is 20.7. The Morgan fingerprint density at radius 1 is 1.32 bits per heavy atom. The molecule has 102 valence electrons. The minimum absolute atomic E-state index is 0.00221. The monoisotopic (exact) mass is 299 g/mol. The van der Waals surface area contributed by atoms with Gasteiger partial charge in [-0.1, -0.05) is 23.2 Å². The van der Waals surface area contributed by atoms with E-state index in [1.807, 2.05) is 4.90 Å². The van der Waals surface area contributed by atoms with Crippen LogP contribution in [0, 0.1) is 0 Å². The van der Waals surface area contributed by atoms with E-state index >= 15 is 0 Å². The third-order valence-corrected chi connectivity index (χ3v) is 4.60. The molecule has 1 unspecified atom stereocenters. The summed E-state index contributed by atoms with van der Waals surface area (Å²) in [6.45, 7) is 3.71. The molecule has 4 nitrogen and oxygen atoms in total. The Hall–Kier alpha value is -0.840. The summed E-state index contributed by atoms with van der Waals surface area (Å²) >= 11 is 11.7. The van der Waals surface area contributed by atoms with E-state index in [2.05, 4.69) is 9.88 Å². The van der Waals surface area contributed by atoms with Crippen molar-refractivity contribution in [2.75, 3.05) is 26.2 Å². The van der Waals surface area contributed by atoms with Crippen molar-refractivity contribution in [1.29, 1.82) is 0 Å². The van der Waals surface area contributed by atoms with Gasteiger partial charge in [0.2, 0.25) is 0 Å². The molecule has 0 radical (unpaired) electrons. The molecular weight excluding hydrogens is 285 g/mol. The van der Waals surface area contributed by atoms with Gasteiger partial charge in [-0.3, -0.25) is 9.69 Å². The lowest BCUT2D eigenvalue weighted by molar-refractivity contribution is 0.0571. The molecule has 2 saturated heterocycles. The van der Waals surface area contributed by atoms with Gasteiger partial charge in [-0.25, -0.2) is 4.98 Å². The van der Waals surface area contributed by atoms with Gasteiger partial charge in [-0.05, 0) is 25.5 Å². The van der Waals surface area contributed by atoms with E-state index in [0.29, 0.717) is 16.6 Å². The van der Waals surface area contributed by atoms with Crippen molar-refractivity contribution in [3.8, 4) is 0 Å². The van der Waals surface area contributed by atoms with Crippen LogP contribution in [0.1, 0.15) is 23.2 Å². The van der Waals surface area contributed by atoms with Gasteiger partial charge in [0.05, 0.1) is 10.6 Å². The number of carbonyl (C=O) groups excluding carboxylic acids is 1. The SMILES string of the molecule is O=C(c1cnc(Cl)c(Cl)c1)N1CCN2CCCC2C1. The Labute approximate surface area is 122 Å². The number of nitrogens with zero attached hydrogens (tertiary/aromatic N) is 3. The second-order valence-electron chi connectivity index (χ2n) is 5.08. The fraction of sp³-hybridized carbons (Fsp3) is 0.538. The largest absolute Gasteiger partial charge is 0.336 e. The van der Waals surface area contributed by atoms with Crippen LogP contribution in [0.5, 0.6) is 0 Å². The highest BCUT2D eigenvalue weighted by molar-refractivity contribution is 6.41. The number of piperazine rings is 1. The van der Waals surface area contributed by atoms with E-state index < -0.39 is 0 Å². The van der Waals surface area contributed by atoms with Crippen molar-refractivity contribution < 1.29 is 4.79 Å². The van der Waals surface area contributed by atoms with Crippen molar-refractivity contribution in [2.45, 2.75) is 18.9 Å². The lowest BCUT2D eigenvalue weighted by atomic mass is 10.1. The smallest absolute Gasteiger partial charge is 0.255 e. The molecule has 0 bridgehead atoms. The summed E-state index contributed by atoms with van der Waals surface area (Å²) in [5, 5.41) is 0.561. The average Bonchev–Trinajstić information content (AvgIpc) is 2.88. The first-order valence-electron chi connectivity index (χ1n) is 6.49. The van der Waals surface area contributed by atoms with Gasteiger partial charge in [0.25, 0.3) is 5.91 Å². The van der Waals surface area contributed by atoms with Crippen LogP contribution < -0.4 is 0 Å². The first-order valence-corrected chi connectivity index (χ1v) is 7.25. The quantitative estimate of drug-likeness (QED) is 0.747. The van der Waals surface area contributed by atoms with Crippen LogP contribution in [0.4, 0.5) is 0 Å². The van der Waals surface area contributed by atoms with Gasteiger partial charge in [0.15, 0.2) is 0 Å². The van der Waals surface area contributed by atoms with Gasteiger partial charge in [0, 0.05) is 31.9 Å². The molecule has 19 heavy (non-hydrogen) atoms. The maximum absolute atomic E-state index is 12.4. The minimum Gasteiger partial charge on any atom is -0.336 e. The zero-order valence-electron chi connectivity index (χ0n) is 10.5. The zero-order chi connectivity index (χ0) is 13.4. The second-order valence-corrected chi connectivity index (χ2v) is 5.85. The van der Waals surface area contributed by atoms with Crippen LogP contribution >= 0.6 is 23.2 Å². The number of fused-ring (bicyclic) bond motifs is 1. The van der Waals surface area contributed by atoms with Gasteiger partial charge in [-0.2, -0.15) is 0 Å². The molecule has 1 aromatic rings. The van der Waals surface area contributed by atoms with Gasteiger partial charge in [0.1, 0.15) is 5.15 Å². The molecule has 0 spiro atoms. The maximum atomic E-state index is 12.4. The molecular formula is C13H15Cl2N3O. The molecule has 3 heterocycles. The molecule has 3 rings (SSSR count). The van der Waals surface area contributed by atoms with Gasteiger partial charge < -0.3 is 4.90 Å². The van der Waals surface area contributed by atoms with Crippen molar-refractivity contribution in [3.63, 3.8) is 0 Å². The number of pyridine rings is 1. The zero-order valence-corrected chi connectivity index (χ0v) is 12.0. The molecule has 2 fully saturated rings. The van der Waals surface area contributed by atoms with Crippen LogP contribution in [0.25, 0.3) is 0 Å². The molecule has 0 saturated carbocycles. The molecule has 2 aliphatic heterocycles. The molecule has 0 N–H and O–H groups in total. The number of hydrogen-bond acceptors (Lipinski definition) is 3. The van der Waals surface area contributed by atoms with E-state index in [1.54, 1.807) is 6.07 Å². The Kier molecular flexibility index (Phi) is 3.65. The fourth-order valence-electron chi connectivity index (χ4n) is 2.90. The third-order valence-electron chi connectivity index (χ3n) is 3.92. The summed E-state index contributed by atoms with van der Waals surface area (Å²) in [5.74, 6) is -0.00221. The predicted octanol–water partition coefficient (Wildman–Crippen LogP) is 2.31. The molecule has 1 aromatic heterocycles.